The highest BCUT2D eigenvalue weighted by Crippen LogP contribution is 2.35. The molecule has 0 radical (unpaired) electrons. The molecule has 0 spiro atoms. The normalized spacial score (nSPS) is 27.3. The minimum Gasteiger partial charge on any atom is -0.395 e. The Morgan fingerprint density at radius 3 is 3.06 bits per heavy atom. The Labute approximate surface area is 114 Å². The zero-order valence-corrected chi connectivity index (χ0v) is 11.1. The van der Waals surface area contributed by atoms with Crippen LogP contribution in [0.1, 0.15) is 6.42 Å². The monoisotopic (exact) mass is 289 g/mol. The highest BCUT2D eigenvalue weighted by Gasteiger charge is 2.35. The molecule has 7 heteroatoms. The van der Waals surface area contributed by atoms with Crippen molar-refractivity contribution in [3.63, 3.8) is 0 Å². The first kappa shape index (κ1) is 12.5. The average Bonchev–Trinajstić information content (AvgIpc) is 2.30. The summed E-state index contributed by atoms with van der Waals surface area (Å²) < 4.78 is 16.5. The van der Waals surface area contributed by atoms with Crippen molar-refractivity contribution < 1.29 is 9.50 Å². The molecule has 0 saturated carbocycles. The van der Waals surface area contributed by atoms with E-state index in [1.165, 1.54) is 18.0 Å². The van der Waals surface area contributed by atoms with Gasteiger partial charge in [-0.1, -0.05) is 11.6 Å². The lowest BCUT2D eigenvalue weighted by molar-refractivity contribution is 0.0111. The van der Waals surface area contributed by atoms with Crippen LogP contribution in [0.2, 0.25) is 5.02 Å². The van der Waals surface area contributed by atoms with Gasteiger partial charge in [0.2, 0.25) is 0 Å². The summed E-state index contributed by atoms with van der Waals surface area (Å²) in [4.78, 5) is 2.92. The second-order valence-corrected chi connectivity index (χ2v) is 5.68. The van der Waals surface area contributed by atoms with Crippen LogP contribution < -0.4 is 10.0 Å². The summed E-state index contributed by atoms with van der Waals surface area (Å²) in [5.41, 5.74) is 0.818. The maximum atomic E-state index is 13.3. The van der Waals surface area contributed by atoms with Crippen molar-refractivity contribution in [1.82, 2.24) is 9.62 Å². The molecule has 0 amide bonds. The fourth-order valence-corrected chi connectivity index (χ4v) is 3.16. The van der Waals surface area contributed by atoms with E-state index in [2.05, 4.69) is 14.9 Å². The maximum absolute atomic E-state index is 13.3. The first-order valence-corrected chi connectivity index (χ1v) is 6.93. The van der Waals surface area contributed by atoms with E-state index in [0.717, 1.165) is 23.5 Å². The zero-order valence-electron chi connectivity index (χ0n) is 9.49. The topological polar surface area (TPSA) is 47.5 Å². The van der Waals surface area contributed by atoms with Crippen LogP contribution in [-0.2, 0) is 0 Å². The molecule has 2 atom stereocenters. The summed E-state index contributed by atoms with van der Waals surface area (Å²) in [5, 5.41) is 12.6. The van der Waals surface area contributed by atoms with Crippen molar-refractivity contribution in [1.29, 1.82) is 0 Å². The quantitative estimate of drug-likeness (QED) is 0.726. The van der Waals surface area contributed by atoms with Crippen LogP contribution in [0.5, 0.6) is 0 Å². The van der Waals surface area contributed by atoms with Gasteiger partial charge in [-0.3, -0.25) is 4.90 Å². The molecule has 3 rings (SSSR count). The Morgan fingerprint density at radius 2 is 2.39 bits per heavy atom. The van der Waals surface area contributed by atoms with E-state index in [0.29, 0.717) is 0 Å². The summed E-state index contributed by atoms with van der Waals surface area (Å²) >= 11 is 7.15. The molecule has 4 nitrogen and oxygen atoms in total. The Hall–Kier alpha value is -0.530. The lowest BCUT2D eigenvalue weighted by atomic mass is 10.0. The number of aliphatic hydroxyl groups excluding tert-OH is 1. The van der Waals surface area contributed by atoms with Gasteiger partial charge in [-0.2, -0.15) is 0 Å². The highest BCUT2D eigenvalue weighted by atomic mass is 35.5. The minimum absolute atomic E-state index is 0.0603. The van der Waals surface area contributed by atoms with Gasteiger partial charge in [0.1, 0.15) is 12.1 Å². The van der Waals surface area contributed by atoms with Gasteiger partial charge in [0.25, 0.3) is 0 Å². The Kier molecular flexibility index (Phi) is 3.38. The molecule has 0 aromatic heterocycles. The lowest BCUT2D eigenvalue weighted by Gasteiger charge is -2.46. The molecule has 2 aliphatic rings. The van der Waals surface area contributed by atoms with Gasteiger partial charge in [-0.05, 0) is 30.5 Å². The van der Waals surface area contributed by atoms with Crippen LogP contribution in [0.4, 0.5) is 10.1 Å². The third-order valence-electron chi connectivity index (χ3n) is 3.33. The minimum atomic E-state index is -0.415. The van der Waals surface area contributed by atoms with E-state index in [1.807, 2.05) is 0 Å². The van der Waals surface area contributed by atoms with Crippen LogP contribution in [0.3, 0.4) is 0 Å². The molecule has 2 heterocycles. The molecule has 98 valence electrons. The first-order valence-electron chi connectivity index (χ1n) is 5.73. The molecular formula is C11H13ClFN3OS. The molecule has 1 aromatic carbocycles. The van der Waals surface area contributed by atoms with Crippen molar-refractivity contribution in [2.75, 3.05) is 18.5 Å². The number of benzene rings is 1. The number of fused-ring (bicyclic) bond motifs is 1. The molecular weight excluding hydrogens is 277 g/mol. The van der Waals surface area contributed by atoms with Gasteiger partial charge >= 0.3 is 0 Å². The average molecular weight is 290 g/mol. The SMILES string of the molecule is OCC1CCN1C1NSc2cc(F)c(Cl)cc2N1. The third kappa shape index (κ3) is 2.08. The predicted octanol–water partition coefficient (Wildman–Crippen LogP) is 1.85. The van der Waals surface area contributed by atoms with Crippen molar-refractivity contribution in [3.8, 4) is 0 Å². The first-order chi connectivity index (χ1) is 8.69. The molecule has 1 saturated heterocycles. The zero-order chi connectivity index (χ0) is 12.7. The van der Waals surface area contributed by atoms with Crippen LogP contribution in [0.25, 0.3) is 0 Å². The van der Waals surface area contributed by atoms with E-state index in [4.69, 9.17) is 11.6 Å². The third-order valence-corrected chi connectivity index (χ3v) is 4.52. The molecule has 2 aliphatic heterocycles. The largest absolute Gasteiger partial charge is 0.395 e. The van der Waals surface area contributed by atoms with E-state index < -0.39 is 5.82 Å². The fraction of sp³-hybridized carbons (Fsp3) is 0.455. The Morgan fingerprint density at radius 1 is 1.56 bits per heavy atom. The van der Waals surface area contributed by atoms with Crippen molar-refractivity contribution in [2.45, 2.75) is 23.6 Å². The maximum Gasteiger partial charge on any atom is 0.144 e. The molecule has 0 bridgehead atoms. The number of hydrogen-bond acceptors (Lipinski definition) is 5. The molecule has 1 aromatic rings. The summed E-state index contributed by atoms with van der Waals surface area (Å²) in [6, 6.07) is 3.20. The number of likely N-dealkylation sites (tertiary alicyclic amines) is 1. The number of nitrogens with one attached hydrogen (secondary N) is 2. The highest BCUT2D eigenvalue weighted by molar-refractivity contribution is 7.97. The fourth-order valence-electron chi connectivity index (χ4n) is 2.17. The van der Waals surface area contributed by atoms with E-state index in [-0.39, 0.29) is 24.0 Å². The number of anilines is 1. The molecule has 2 unspecified atom stereocenters. The van der Waals surface area contributed by atoms with E-state index in [1.54, 1.807) is 6.07 Å². The van der Waals surface area contributed by atoms with Crippen LogP contribution in [0, 0.1) is 5.82 Å². The van der Waals surface area contributed by atoms with Crippen LogP contribution in [0.15, 0.2) is 17.0 Å². The van der Waals surface area contributed by atoms with Crippen LogP contribution in [-0.4, -0.2) is 35.5 Å². The van der Waals surface area contributed by atoms with Crippen LogP contribution >= 0.6 is 23.5 Å². The van der Waals surface area contributed by atoms with Crippen molar-refractivity contribution >= 4 is 29.2 Å². The lowest BCUT2D eigenvalue weighted by Crippen LogP contribution is -2.61. The van der Waals surface area contributed by atoms with Gasteiger partial charge in [-0.25, -0.2) is 9.11 Å². The van der Waals surface area contributed by atoms with Crippen molar-refractivity contribution in [3.05, 3.63) is 23.0 Å². The second kappa shape index (κ2) is 4.86. The molecule has 1 fully saturated rings. The van der Waals surface area contributed by atoms with E-state index >= 15 is 0 Å². The number of aliphatic hydroxyl groups is 1. The second-order valence-electron chi connectivity index (χ2n) is 4.39. The van der Waals surface area contributed by atoms with Gasteiger partial charge in [-0.15, -0.1) is 0 Å². The van der Waals surface area contributed by atoms with Gasteiger partial charge in [0.15, 0.2) is 0 Å². The summed E-state index contributed by atoms with van der Waals surface area (Å²) in [5.74, 6) is -0.415. The predicted molar refractivity (Wildman–Crippen MR) is 70.0 cm³/mol. The number of halogens is 2. The Bertz CT molecular complexity index is 474. The number of nitrogens with zero attached hydrogens (tertiary/aromatic N) is 1. The standard InChI is InChI=1S/C11H13ClFN3OS/c12-7-3-9-10(4-8(7)13)18-15-11(14-9)16-2-1-6(16)5-17/h3-4,6,11,14-15,17H,1-2,5H2. The molecule has 3 N–H and O–H groups in total. The smallest absolute Gasteiger partial charge is 0.144 e. The van der Waals surface area contributed by atoms with Gasteiger partial charge < -0.3 is 10.4 Å². The van der Waals surface area contributed by atoms with Crippen molar-refractivity contribution in [2.24, 2.45) is 0 Å². The number of rotatable bonds is 2. The summed E-state index contributed by atoms with van der Waals surface area (Å²) in [7, 11) is 0. The van der Waals surface area contributed by atoms with Gasteiger partial charge in [0.05, 0.1) is 17.3 Å². The molecule has 0 aliphatic carbocycles. The summed E-state index contributed by atoms with van der Waals surface area (Å²) in [6.45, 7) is 1.09. The summed E-state index contributed by atoms with van der Waals surface area (Å²) in [6.07, 6.45) is 0.938. The van der Waals surface area contributed by atoms with E-state index in [9.17, 15) is 9.50 Å². The molecule has 18 heavy (non-hydrogen) atoms. The number of hydrogen-bond donors (Lipinski definition) is 3. The van der Waals surface area contributed by atoms with Gasteiger partial charge in [0, 0.05) is 17.5 Å². The Balaban J connectivity index is 1.78.